The van der Waals surface area contributed by atoms with Gasteiger partial charge in [0.25, 0.3) is 0 Å². The van der Waals surface area contributed by atoms with Gasteiger partial charge in [0.15, 0.2) is 0 Å². The molecule has 2 heteroatoms. The summed E-state index contributed by atoms with van der Waals surface area (Å²) in [5.74, 6) is 0. The molecule has 0 bridgehead atoms. The molecule has 50 valence electrons. The lowest BCUT2D eigenvalue weighted by Gasteiger charge is -1.88. The van der Waals surface area contributed by atoms with Gasteiger partial charge in [-0.3, -0.25) is 0 Å². The van der Waals surface area contributed by atoms with Crippen molar-refractivity contribution in [1.29, 1.82) is 0 Å². The maximum Gasteiger partial charge on any atom is 0.0406 e. The molecule has 1 rings (SSSR count). The first kappa shape index (κ1) is 8.47. The molecule has 1 aromatic rings. The van der Waals surface area contributed by atoms with Gasteiger partial charge in [-0.05, 0) is 19.1 Å². The molecule has 0 saturated carbocycles. The largest absolute Gasteiger partial charge is 0.344 e. The highest BCUT2D eigenvalue weighted by Gasteiger charge is 1.81. The summed E-state index contributed by atoms with van der Waals surface area (Å²) >= 11 is 5.61. The van der Waals surface area contributed by atoms with Crippen molar-refractivity contribution in [3.05, 3.63) is 34.9 Å². The van der Waals surface area contributed by atoms with E-state index in [4.69, 9.17) is 11.6 Å². The lowest BCUT2D eigenvalue weighted by molar-refractivity contribution is 1.48. The van der Waals surface area contributed by atoms with E-state index < -0.39 is 0 Å². The van der Waals surface area contributed by atoms with Gasteiger partial charge in [-0.25, -0.2) is 0 Å². The molecule has 0 aliphatic carbocycles. The summed E-state index contributed by atoms with van der Waals surface area (Å²) in [5.41, 5.74) is 1.24. The summed E-state index contributed by atoms with van der Waals surface area (Å²) in [7, 11) is 0. The summed E-state index contributed by atoms with van der Waals surface area (Å²) in [6, 6.07) is 7.75. The Labute approximate surface area is 60.2 Å². The molecule has 0 fully saturated rings. The highest BCUT2D eigenvalue weighted by molar-refractivity contribution is 6.30. The van der Waals surface area contributed by atoms with E-state index in [1.807, 2.05) is 31.2 Å². The minimum absolute atomic E-state index is 0. The van der Waals surface area contributed by atoms with Gasteiger partial charge in [0.2, 0.25) is 0 Å². The Bertz CT molecular complexity index is 148. The minimum atomic E-state index is 0. The molecule has 0 heterocycles. The van der Waals surface area contributed by atoms with Gasteiger partial charge in [-0.15, -0.1) is 0 Å². The van der Waals surface area contributed by atoms with Crippen LogP contribution in [0.4, 0.5) is 0 Å². The normalized spacial score (nSPS) is 8.22. The van der Waals surface area contributed by atoms with Crippen molar-refractivity contribution in [2.75, 3.05) is 0 Å². The maximum absolute atomic E-state index is 5.61. The quantitative estimate of drug-likeness (QED) is 0.596. The van der Waals surface area contributed by atoms with Gasteiger partial charge < -0.3 is 6.15 Å². The Morgan fingerprint density at radius 3 is 1.89 bits per heavy atom. The highest BCUT2D eigenvalue weighted by atomic mass is 35.5. The van der Waals surface area contributed by atoms with Gasteiger partial charge in [0.05, 0.1) is 0 Å². The molecule has 9 heavy (non-hydrogen) atoms. The van der Waals surface area contributed by atoms with Crippen LogP contribution < -0.4 is 6.15 Å². The third kappa shape index (κ3) is 2.49. The van der Waals surface area contributed by atoms with E-state index in [1.54, 1.807) is 0 Å². The lowest BCUT2D eigenvalue weighted by Crippen LogP contribution is -1.66. The van der Waals surface area contributed by atoms with Crippen molar-refractivity contribution in [1.82, 2.24) is 6.15 Å². The number of halogens is 1. The zero-order valence-electron chi connectivity index (χ0n) is 5.39. The Morgan fingerprint density at radius 2 is 1.56 bits per heavy atom. The summed E-state index contributed by atoms with van der Waals surface area (Å²) in [5, 5.41) is 0.801. The Balaban J connectivity index is 0.000000640. The van der Waals surface area contributed by atoms with Gasteiger partial charge in [0.1, 0.15) is 0 Å². The summed E-state index contributed by atoms with van der Waals surface area (Å²) < 4.78 is 0. The zero-order chi connectivity index (χ0) is 5.98. The smallest absolute Gasteiger partial charge is 0.0406 e. The molecule has 3 N–H and O–H groups in total. The second-order valence-corrected chi connectivity index (χ2v) is 2.23. The van der Waals surface area contributed by atoms with Crippen molar-refractivity contribution in [2.45, 2.75) is 6.92 Å². The number of rotatable bonds is 0. The van der Waals surface area contributed by atoms with Crippen molar-refractivity contribution >= 4 is 11.6 Å². The predicted octanol–water partition coefficient (Wildman–Crippen LogP) is 2.81. The fourth-order valence-electron chi connectivity index (χ4n) is 0.533. The number of hydrogen-bond donors (Lipinski definition) is 1. The van der Waals surface area contributed by atoms with Crippen LogP contribution in [0.2, 0.25) is 5.02 Å². The molecule has 0 saturated heterocycles. The standard InChI is InChI=1S/C7H7Cl.H3N/c1-6-2-4-7(8)5-3-6;/h2-5H,1H3;1H3. The predicted molar refractivity (Wildman–Crippen MR) is 41.2 cm³/mol. The molecule has 0 radical (unpaired) electrons. The van der Waals surface area contributed by atoms with Crippen molar-refractivity contribution in [3.8, 4) is 0 Å². The second-order valence-electron chi connectivity index (χ2n) is 1.80. The van der Waals surface area contributed by atoms with E-state index in [9.17, 15) is 0 Å². The number of hydrogen-bond acceptors (Lipinski definition) is 1. The van der Waals surface area contributed by atoms with Gasteiger partial charge in [-0.2, -0.15) is 0 Å². The first-order valence-electron chi connectivity index (χ1n) is 2.51. The van der Waals surface area contributed by atoms with Crippen molar-refractivity contribution in [3.63, 3.8) is 0 Å². The van der Waals surface area contributed by atoms with E-state index >= 15 is 0 Å². The second kappa shape index (κ2) is 3.49. The molecule has 0 atom stereocenters. The van der Waals surface area contributed by atoms with Crippen molar-refractivity contribution < 1.29 is 0 Å². The molecule has 1 aromatic carbocycles. The van der Waals surface area contributed by atoms with E-state index in [2.05, 4.69) is 0 Å². The van der Waals surface area contributed by atoms with Crippen LogP contribution in [0.25, 0.3) is 0 Å². The summed E-state index contributed by atoms with van der Waals surface area (Å²) in [6.07, 6.45) is 0. The van der Waals surface area contributed by atoms with Crippen LogP contribution in [-0.2, 0) is 0 Å². The minimum Gasteiger partial charge on any atom is -0.344 e. The molecule has 0 aromatic heterocycles. The molecule has 1 nitrogen and oxygen atoms in total. The molecule has 0 amide bonds. The Kier molecular flexibility index (Phi) is 3.28. The Morgan fingerprint density at radius 1 is 1.11 bits per heavy atom. The molecule has 0 spiro atoms. The number of benzene rings is 1. The molecule has 0 aliphatic heterocycles. The molecular weight excluding hydrogens is 134 g/mol. The van der Waals surface area contributed by atoms with Crippen LogP contribution in [0.1, 0.15) is 5.56 Å². The van der Waals surface area contributed by atoms with Gasteiger partial charge in [0, 0.05) is 5.02 Å². The topological polar surface area (TPSA) is 35.0 Å². The molecule has 0 aliphatic rings. The Hall–Kier alpha value is -0.530. The van der Waals surface area contributed by atoms with Gasteiger partial charge in [-0.1, -0.05) is 29.3 Å². The third-order valence-electron chi connectivity index (χ3n) is 1.01. The monoisotopic (exact) mass is 143 g/mol. The maximum atomic E-state index is 5.61. The van der Waals surface area contributed by atoms with E-state index in [0.717, 1.165) is 5.02 Å². The zero-order valence-corrected chi connectivity index (χ0v) is 6.15. The van der Waals surface area contributed by atoms with Crippen LogP contribution in [0.5, 0.6) is 0 Å². The van der Waals surface area contributed by atoms with Gasteiger partial charge >= 0.3 is 0 Å². The van der Waals surface area contributed by atoms with Crippen molar-refractivity contribution in [2.24, 2.45) is 0 Å². The van der Waals surface area contributed by atoms with Crippen LogP contribution in [0, 0.1) is 6.92 Å². The summed E-state index contributed by atoms with van der Waals surface area (Å²) in [4.78, 5) is 0. The van der Waals surface area contributed by atoms with Crippen LogP contribution in [0.3, 0.4) is 0 Å². The number of aryl methyl sites for hydroxylation is 1. The fraction of sp³-hybridized carbons (Fsp3) is 0.143. The van der Waals surface area contributed by atoms with E-state index in [1.165, 1.54) is 5.56 Å². The average molecular weight is 144 g/mol. The van der Waals surface area contributed by atoms with Crippen LogP contribution in [0.15, 0.2) is 24.3 Å². The first-order valence-corrected chi connectivity index (χ1v) is 2.89. The molecular formula is C7H10ClN. The first-order chi connectivity index (χ1) is 3.79. The lowest BCUT2D eigenvalue weighted by atomic mass is 10.2. The van der Waals surface area contributed by atoms with E-state index in [-0.39, 0.29) is 6.15 Å². The van der Waals surface area contributed by atoms with E-state index in [0.29, 0.717) is 0 Å². The third-order valence-corrected chi connectivity index (χ3v) is 1.26. The van der Waals surface area contributed by atoms with Crippen LogP contribution >= 0.6 is 11.6 Å². The SMILES string of the molecule is Cc1ccc(Cl)cc1.N. The average Bonchev–Trinajstić information content (AvgIpc) is 1.77. The molecule has 0 unspecified atom stereocenters. The summed E-state index contributed by atoms with van der Waals surface area (Å²) in [6.45, 7) is 2.04. The van der Waals surface area contributed by atoms with Crippen LogP contribution in [-0.4, -0.2) is 0 Å². The highest BCUT2D eigenvalue weighted by Crippen LogP contribution is 2.07. The fourth-order valence-corrected chi connectivity index (χ4v) is 0.659.